The molecule has 0 fully saturated rings. The van der Waals surface area contributed by atoms with Crippen LogP contribution >= 0.6 is 0 Å². The minimum Gasteiger partial charge on any atom is -0.291 e. The highest BCUT2D eigenvalue weighted by atomic mass is 32.2. The predicted molar refractivity (Wildman–Crippen MR) is 95.6 cm³/mol. The molecule has 2 aromatic carbocycles. The first-order chi connectivity index (χ1) is 12.9. The van der Waals surface area contributed by atoms with Crippen LogP contribution in [0.3, 0.4) is 0 Å². The van der Waals surface area contributed by atoms with Gasteiger partial charge in [-0.2, -0.15) is 0 Å². The Balaban J connectivity index is 1.61. The van der Waals surface area contributed by atoms with Gasteiger partial charge in [-0.3, -0.25) is 9.12 Å². The Morgan fingerprint density at radius 2 is 1.81 bits per heavy atom. The van der Waals surface area contributed by atoms with E-state index in [1.165, 1.54) is 12.1 Å². The van der Waals surface area contributed by atoms with Crippen LogP contribution in [0.25, 0.3) is 17.0 Å². The summed E-state index contributed by atoms with van der Waals surface area (Å²) in [6.45, 7) is 0. The van der Waals surface area contributed by atoms with E-state index < -0.39 is 26.6 Å². The molecule has 6 nitrogen and oxygen atoms in total. The summed E-state index contributed by atoms with van der Waals surface area (Å²) in [5.41, 5.74) is 1.63. The number of rotatable bonds is 4. The molecule has 4 rings (SSSR count). The van der Waals surface area contributed by atoms with E-state index in [1.807, 2.05) is 6.20 Å². The second-order valence-corrected chi connectivity index (χ2v) is 7.36. The van der Waals surface area contributed by atoms with Gasteiger partial charge in [-0.05, 0) is 36.4 Å². The number of sulfonamides is 1. The van der Waals surface area contributed by atoms with Crippen molar-refractivity contribution in [2.45, 2.75) is 4.90 Å². The van der Waals surface area contributed by atoms with E-state index in [4.69, 9.17) is 0 Å². The summed E-state index contributed by atoms with van der Waals surface area (Å²) in [5, 5.41) is 0. The van der Waals surface area contributed by atoms with Crippen molar-refractivity contribution >= 4 is 21.5 Å². The van der Waals surface area contributed by atoms with Crippen LogP contribution in [0.2, 0.25) is 0 Å². The Kier molecular flexibility index (Phi) is 4.08. The molecule has 0 spiro atoms. The van der Waals surface area contributed by atoms with E-state index in [0.29, 0.717) is 17.5 Å². The lowest BCUT2D eigenvalue weighted by Gasteiger charge is -2.09. The smallest absolute Gasteiger partial charge is 0.264 e. The summed E-state index contributed by atoms with van der Waals surface area (Å²) in [6.07, 6.45) is 5.24. The molecular formula is C18H12F2N4O2S. The normalized spacial score (nSPS) is 11.6. The van der Waals surface area contributed by atoms with Crippen LogP contribution in [-0.2, 0) is 10.0 Å². The van der Waals surface area contributed by atoms with Gasteiger partial charge in [0.05, 0.1) is 5.69 Å². The van der Waals surface area contributed by atoms with Gasteiger partial charge in [0.1, 0.15) is 16.5 Å². The maximum atomic E-state index is 13.8. The maximum Gasteiger partial charge on any atom is 0.264 e. The molecule has 0 atom stereocenters. The number of hydrogen-bond acceptors (Lipinski definition) is 4. The summed E-state index contributed by atoms with van der Waals surface area (Å²) >= 11 is 0. The third kappa shape index (κ3) is 3.36. The van der Waals surface area contributed by atoms with Gasteiger partial charge in [-0.15, -0.1) is 0 Å². The molecule has 4 aromatic rings. The maximum absolute atomic E-state index is 13.8. The first-order valence-corrected chi connectivity index (χ1v) is 9.29. The van der Waals surface area contributed by atoms with E-state index in [-0.39, 0.29) is 5.69 Å². The third-order valence-electron chi connectivity index (χ3n) is 3.85. The number of halogens is 2. The van der Waals surface area contributed by atoms with E-state index in [9.17, 15) is 17.2 Å². The molecule has 0 radical (unpaired) electrons. The van der Waals surface area contributed by atoms with Crippen LogP contribution in [0, 0.1) is 11.6 Å². The number of nitrogens with one attached hydrogen (secondary N) is 1. The fourth-order valence-electron chi connectivity index (χ4n) is 2.57. The zero-order valence-corrected chi connectivity index (χ0v) is 14.5. The zero-order valence-electron chi connectivity index (χ0n) is 13.7. The zero-order chi connectivity index (χ0) is 19.0. The van der Waals surface area contributed by atoms with Crippen molar-refractivity contribution in [3.63, 3.8) is 0 Å². The second-order valence-electron chi connectivity index (χ2n) is 5.71. The number of hydrogen-bond donors (Lipinski definition) is 1. The SMILES string of the molecule is O=S(=O)(Nc1ccc(-c2cn3cccnc3n2)cc1)c1cc(F)ccc1F. The highest BCUT2D eigenvalue weighted by Gasteiger charge is 2.20. The summed E-state index contributed by atoms with van der Waals surface area (Å²) in [5.74, 6) is -1.33. The van der Waals surface area contributed by atoms with Crippen molar-refractivity contribution in [1.29, 1.82) is 0 Å². The lowest BCUT2D eigenvalue weighted by atomic mass is 10.1. The van der Waals surface area contributed by atoms with E-state index in [2.05, 4.69) is 14.7 Å². The number of benzene rings is 2. The first kappa shape index (κ1) is 17.1. The number of nitrogens with zero attached hydrogens (tertiary/aromatic N) is 3. The molecule has 0 saturated carbocycles. The van der Waals surface area contributed by atoms with E-state index >= 15 is 0 Å². The Hall–Kier alpha value is -3.33. The van der Waals surface area contributed by atoms with Crippen molar-refractivity contribution in [3.05, 3.63) is 78.8 Å². The summed E-state index contributed by atoms with van der Waals surface area (Å²) in [6, 6.07) is 10.4. The van der Waals surface area contributed by atoms with Crippen molar-refractivity contribution < 1.29 is 17.2 Å². The first-order valence-electron chi connectivity index (χ1n) is 7.80. The molecule has 0 aliphatic rings. The molecule has 136 valence electrons. The predicted octanol–water partition coefficient (Wildman–Crippen LogP) is 3.48. The molecule has 0 saturated heterocycles. The minimum atomic E-state index is -4.26. The van der Waals surface area contributed by atoms with Crippen LogP contribution in [0.1, 0.15) is 0 Å². The van der Waals surface area contributed by atoms with Crippen LogP contribution in [0.15, 0.2) is 72.0 Å². The lowest BCUT2D eigenvalue weighted by molar-refractivity contribution is 0.555. The average molecular weight is 386 g/mol. The molecule has 0 amide bonds. The number of anilines is 1. The highest BCUT2D eigenvalue weighted by molar-refractivity contribution is 7.92. The Bertz CT molecular complexity index is 1200. The lowest BCUT2D eigenvalue weighted by Crippen LogP contribution is -2.14. The van der Waals surface area contributed by atoms with Gasteiger partial charge in [0.25, 0.3) is 10.0 Å². The fourth-order valence-corrected chi connectivity index (χ4v) is 3.72. The van der Waals surface area contributed by atoms with Gasteiger partial charge in [-0.25, -0.2) is 27.2 Å². The molecule has 2 heterocycles. The summed E-state index contributed by atoms with van der Waals surface area (Å²) in [4.78, 5) is 7.76. The Morgan fingerprint density at radius 1 is 1.04 bits per heavy atom. The molecule has 1 N–H and O–H groups in total. The van der Waals surface area contributed by atoms with Crippen LogP contribution < -0.4 is 4.72 Å². The number of fused-ring (bicyclic) bond motifs is 1. The Morgan fingerprint density at radius 3 is 2.56 bits per heavy atom. The quantitative estimate of drug-likeness (QED) is 0.583. The third-order valence-corrected chi connectivity index (χ3v) is 5.25. The largest absolute Gasteiger partial charge is 0.291 e. The van der Waals surface area contributed by atoms with Gasteiger partial charge in [0.15, 0.2) is 0 Å². The molecule has 0 aliphatic carbocycles. The topological polar surface area (TPSA) is 76.4 Å². The van der Waals surface area contributed by atoms with Crippen molar-refractivity contribution in [2.75, 3.05) is 4.72 Å². The Labute approximate surface area is 153 Å². The molecule has 27 heavy (non-hydrogen) atoms. The molecular weight excluding hydrogens is 374 g/mol. The van der Waals surface area contributed by atoms with Crippen LogP contribution in [0.5, 0.6) is 0 Å². The second kappa shape index (κ2) is 6.44. The monoisotopic (exact) mass is 386 g/mol. The van der Waals surface area contributed by atoms with Gasteiger partial charge < -0.3 is 0 Å². The van der Waals surface area contributed by atoms with Gasteiger partial charge >= 0.3 is 0 Å². The fraction of sp³-hybridized carbons (Fsp3) is 0. The summed E-state index contributed by atoms with van der Waals surface area (Å²) < 4.78 is 55.6. The highest BCUT2D eigenvalue weighted by Crippen LogP contribution is 2.23. The minimum absolute atomic E-state index is 0.212. The standard InChI is InChI=1S/C18H12F2N4O2S/c19-13-4-7-15(20)17(10-13)27(25,26)23-14-5-2-12(3-6-14)16-11-24-9-1-8-21-18(24)22-16/h1-11,23H. The van der Waals surface area contributed by atoms with E-state index in [1.54, 1.807) is 35.0 Å². The molecule has 9 heteroatoms. The molecule has 0 unspecified atom stereocenters. The molecule has 0 bridgehead atoms. The molecule has 0 aliphatic heterocycles. The van der Waals surface area contributed by atoms with Crippen molar-refractivity contribution in [1.82, 2.24) is 14.4 Å². The van der Waals surface area contributed by atoms with Crippen molar-refractivity contribution in [3.8, 4) is 11.3 Å². The number of aromatic nitrogens is 3. The van der Waals surface area contributed by atoms with Gasteiger partial charge in [0.2, 0.25) is 5.78 Å². The summed E-state index contributed by atoms with van der Waals surface area (Å²) in [7, 11) is -4.26. The number of imidazole rings is 1. The van der Waals surface area contributed by atoms with Gasteiger partial charge in [-0.1, -0.05) is 12.1 Å². The average Bonchev–Trinajstić information content (AvgIpc) is 3.08. The van der Waals surface area contributed by atoms with Crippen molar-refractivity contribution in [2.24, 2.45) is 0 Å². The van der Waals surface area contributed by atoms with Crippen LogP contribution in [0.4, 0.5) is 14.5 Å². The van der Waals surface area contributed by atoms with Crippen LogP contribution in [-0.4, -0.2) is 22.8 Å². The van der Waals surface area contributed by atoms with Gasteiger partial charge in [0, 0.05) is 29.8 Å². The van der Waals surface area contributed by atoms with E-state index in [0.717, 1.165) is 17.7 Å². The molecule has 2 aromatic heterocycles.